The predicted molar refractivity (Wildman–Crippen MR) is 74.7 cm³/mol. The summed E-state index contributed by atoms with van der Waals surface area (Å²) in [4.78, 5) is 2.34. The largest absolute Gasteiger partial charge is 0.396 e. The highest BCUT2D eigenvalue weighted by Gasteiger charge is 2.26. The van der Waals surface area contributed by atoms with Crippen molar-refractivity contribution in [2.45, 2.75) is 46.6 Å². The van der Waals surface area contributed by atoms with Gasteiger partial charge in [0.1, 0.15) is 0 Å². The van der Waals surface area contributed by atoms with Gasteiger partial charge in [0.15, 0.2) is 0 Å². The minimum atomic E-state index is -0.0317. The van der Waals surface area contributed by atoms with Crippen molar-refractivity contribution in [3.8, 4) is 0 Å². The van der Waals surface area contributed by atoms with Gasteiger partial charge in [-0.15, -0.1) is 0 Å². The lowest BCUT2D eigenvalue weighted by atomic mass is 9.85. The molecule has 0 aliphatic carbocycles. The van der Waals surface area contributed by atoms with E-state index < -0.39 is 0 Å². The first kappa shape index (κ1) is 17.8. The number of aliphatic hydroxyl groups excluding tert-OH is 2. The highest BCUT2D eigenvalue weighted by Crippen LogP contribution is 2.24. The highest BCUT2D eigenvalue weighted by molar-refractivity contribution is 4.79. The lowest BCUT2D eigenvalue weighted by molar-refractivity contribution is 0.0329. The van der Waals surface area contributed by atoms with Crippen molar-refractivity contribution in [1.29, 1.82) is 0 Å². The molecule has 0 aliphatic rings. The molecule has 0 aliphatic heterocycles. The molecule has 0 saturated heterocycles. The minimum Gasteiger partial charge on any atom is -0.396 e. The van der Waals surface area contributed by atoms with Crippen LogP contribution in [-0.4, -0.2) is 60.7 Å². The second-order valence-electron chi connectivity index (χ2n) is 5.62. The number of ether oxygens (including phenoxy) is 1. The van der Waals surface area contributed by atoms with Crippen LogP contribution in [0.5, 0.6) is 0 Å². The van der Waals surface area contributed by atoms with E-state index in [0.717, 1.165) is 25.9 Å². The van der Waals surface area contributed by atoms with Crippen LogP contribution >= 0.6 is 0 Å². The molecule has 0 saturated carbocycles. The van der Waals surface area contributed by atoms with Crippen LogP contribution < -0.4 is 0 Å². The Balaban J connectivity index is 4.23. The Morgan fingerprint density at radius 2 is 1.89 bits per heavy atom. The zero-order valence-electron chi connectivity index (χ0n) is 12.5. The summed E-state index contributed by atoms with van der Waals surface area (Å²) >= 11 is 0. The molecule has 0 aromatic heterocycles. The van der Waals surface area contributed by atoms with Crippen molar-refractivity contribution in [2.75, 3.05) is 39.5 Å². The third-order valence-corrected chi connectivity index (χ3v) is 3.31. The van der Waals surface area contributed by atoms with Gasteiger partial charge in [-0.25, -0.2) is 0 Å². The molecule has 4 heteroatoms. The highest BCUT2D eigenvalue weighted by atomic mass is 16.5. The molecule has 0 aromatic carbocycles. The Kier molecular flexibility index (Phi) is 9.64. The minimum absolute atomic E-state index is 0.0317. The zero-order chi connectivity index (χ0) is 14.0. The molecule has 18 heavy (non-hydrogen) atoms. The van der Waals surface area contributed by atoms with E-state index >= 15 is 0 Å². The van der Waals surface area contributed by atoms with Gasteiger partial charge in [0.25, 0.3) is 0 Å². The summed E-state index contributed by atoms with van der Waals surface area (Å²) in [6, 6.07) is 0.436. The molecule has 0 bridgehead atoms. The van der Waals surface area contributed by atoms with Crippen molar-refractivity contribution < 1.29 is 14.9 Å². The van der Waals surface area contributed by atoms with Crippen molar-refractivity contribution in [3.63, 3.8) is 0 Å². The summed E-state index contributed by atoms with van der Waals surface area (Å²) in [5, 5.41) is 18.2. The summed E-state index contributed by atoms with van der Waals surface area (Å²) in [5.41, 5.74) is -0.0317. The van der Waals surface area contributed by atoms with Gasteiger partial charge >= 0.3 is 0 Å². The van der Waals surface area contributed by atoms with E-state index in [9.17, 15) is 5.11 Å². The molecule has 0 fully saturated rings. The Hall–Kier alpha value is -0.160. The molecule has 0 aromatic rings. The van der Waals surface area contributed by atoms with E-state index in [2.05, 4.69) is 32.6 Å². The maximum Gasteiger partial charge on any atom is 0.0698 e. The molecule has 4 nitrogen and oxygen atoms in total. The molecule has 0 radical (unpaired) electrons. The van der Waals surface area contributed by atoms with Gasteiger partial charge in [-0.1, -0.05) is 20.3 Å². The van der Waals surface area contributed by atoms with Crippen LogP contribution in [0.15, 0.2) is 0 Å². The van der Waals surface area contributed by atoms with Crippen molar-refractivity contribution in [2.24, 2.45) is 5.41 Å². The van der Waals surface area contributed by atoms with Crippen LogP contribution in [0.2, 0.25) is 0 Å². The first-order valence-corrected chi connectivity index (χ1v) is 7.02. The lowest BCUT2D eigenvalue weighted by Crippen LogP contribution is -2.43. The number of nitrogens with zero attached hydrogens (tertiary/aromatic N) is 1. The molecular formula is C14H31NO3. The monoisotopic (exact) mass is 261 g/mol. The molecule has 110 valence electrons. The quantitative estimate of drug-likeness (QED) is 0.554. The molecule has 0 amide bonds. The molecular weight excluding hydrogens is 230 g/mol. The number of rotatable bonds is 11. The second kappa shape index (κ2) is 9.73. The molecule has 0 heterocycles. The molecule has 2 N–H and O–H groups in total. The third-order valence-electron chi connectivity index (χ3n) is 3.31. The van der Waals surface area contributed by atoms with Gasteiger partial charge in [0, 0.05) is 31.2 Å². The Labute approximate surface area is 112 Å². The van der Waals surface area contributed by atoms with Gasteiger partial charge in [0.2, 0.25) is 0 Å². The summed E-state index contributed by atoms with van der Waals surface area (Å²) in [7, 11) is 0. The SMILES string of the molecule is CCCC(C)(CO)CN(CCOCCO)C(C)C. The molecule has 1 atom stereocenters. The number of aliphatic hydroxyl groups is 2. The first-order chi connectivity index (χ1) is 8.49. The van der Waals surface area contributed by atoms with Crippen molar-refractivity contribution >= 4 is 0 Å². The van der Waals surface area contributed by atoms with Crippen LogP contribution in [0.3, 0.4) is 0 Å². The fraction of sp³-hybridized carbons (Fsp3) is 1.00. The van der Waals surface area contributed by atoms with Gasteiger partial charge < -0.3 is 14.9 Å². The van der Waals surface area contributed by atoms with Crippen molar-refractivity contribution in [3.05, 3.63) is 0 Å². The average Bonchev–Trinajstić information content (AvgIpc) is 2.33. The summed E-state index contributed by atoms with van der Waals surface area (Å²) in [6.07, 6.45) is 2.12. The maximum atomic E-state index is 9.57. The normalized spacial score (nSPS) is 15.3. The van der Waals surface area contributed by atoms with Gasteiger partial charge in [-0.3, -0.25) is 4.90 Å². The third kappa shape index (κ3) is 7.31. The molecule has 1 unspecified atom stereocenters. The lowest BCUT2D eigenvalue weighted by Gasteiger charge is -2.36. The number of hydrogen-bond donors (Lipinski definition) is 2. The van der Waals surface area contributed by atoms with E-state index in [1.165, 1.54) is 0 Å². The van der Waals surface area contributed by atoms with Crippen molar-refractivity contribution in [1.82, 2.24) is 4.90 Å². The standard InChI is InChI=1S/C14H31NO3/c1-5-6-14(4,12-17)11-15(13(2)3)7-9-18-10-8-16/h13,16-17H,5-12H2,1-4H3. The van der Waals surface area contributed by atoms with Gasteiger partial charge in [-0.05, 0) is 20.3 Å². The maximum absolute atomic E-state index is 9.57. The average molecular weight is 261 g/mol. The summed E-state index contributed by atoms with van der Waals surface area (Å²) in [5.74, 6) is 0. The van der Waals surface area contributed by atoms with E-state index in [0.29, 0.717) is 19.3 Å². The van der Waals surface area contributed by atoms with E-state index in [1.807, 2.05) is 0 Å². The number of hydrogen-bond acceptors (Lipinski definition) is 4. The van der Waals surface area contributed by atoms with E-state index in [4.69, 9.17) is 9.84 Å². The van der Waals surface area contributed by atoms with Gasteiger partial charge in [0.05, 0.1) is 19.8 Å². The van der Waals surface area contributed by atoms with E-state index in [1.54, 1.807) is 0 Å². The zero-order valence-corrected chi connectivity index (χ0v) is 12.5. The molecule has 0 rings (SSSR count). The Bertz CT molecular complexity index is 199. The fourth-order valence-corrected chi connectivity index (χ4v) is 2.17. The van der Waals surface area contributed by atoms with Crippen LogP contribution in [0.1, 0.15) is 40.5 Å². The van der Waals surface area contributed by atoms with E-state index in [-0.39, 0.29) is 18.6 Å². The van der Waals surface area contributed by atoms with Gasteiger partial charge in [-0.2, -0.15) is 0 Å². The fourth-order valence-electron chi connectivity index (χ4n) is 2.17. The Morgan fingerprint density at radius 3 is 2.33 bits per heavy atom. The Morgan fingerprint density at radius 1 is 1.22 bits per heavy atom. The predicted octanol–water partition coefficient (Wildman–Crippen LogP) is 1.50. The first-order valence-electron chi connectivity index (χ1n) is 7.02. The van der Waals surface area contributed by atoms with Crippen LogP contribution in [0, 0.1) is 5.41 Å². The van der Waals surface area contributed by atoms with Crippen LogP contribution in [0.4, 0.5) is 0 Å². The smallest absolute Gasteiger partial charge is 0.0698 e. The molecule has 0 spiro atoms. The second-order valence-corrected chi connectivity index (χ2v) is 5.62. The van der Waals surface area contributed by atoms with Crippen LogP contribution in [-0.2, 0) is 4.74 Å². The summed E-state index contributed by atoms with van der Waals surface area (Å²) in [6.45, 7) is 11.7. The summed E-state index contributed by atoms with van der Waals surface area (Å²) < 4.78 is 5.32. The topological polar surface area (TPSA) is 52.9 Å². The van der Waals surface area contributed by atoms with Crippen LogP contribution in [0.25, 0.3) is 0 Å².